The highest BCUT2D eigenvalue weighted by Crippen LogP contribution is 2.45. The Kier molecular flexibility index (Phi) is 4.20. The third-order valence-corrected chi connectivity index (χ3v) is 5.66. The van der Waals surface area contributed by atoms with E-state index < -0.39 is 0 Å². The number of fused-ring (bicyclic) bond motifs is 1. The molecule has 1 aliphatic heterocycles. The van der Waals surface area contributed by atoms with Gasteiger partial charge in [-0.3, -0.25) is 9.78 Å². The number of anilines is 1. The van der Waals surface area contributed by atoms with Gasteiger partial charge in [0.15, 0.2) is 11.6 Å². The molecule has 0 saturated carbocycles. The van der Waals surface area contributed by atoms with Gasteiger partial charge in [0.2, 0.25) is 5.95 Å². The Morgan fingerprint density at radius 1 is 1.20 bits per heavy atom. The minimum Gasteiger partial charge on any atom is -0.497 e. The van der Waals surface area contributed by atoms with Crippen molar-refractivity contribution in [1.82, 2.24) is 19.7 Å². The van der Waals surface area contributed by atoms with Crippen LogP contribution >= 0.6 is 0 Å². The number of carbonyl (C=O) groups is 1. The Bertz CT molecular complexity index is 1160. The van der Waals surface area contributed by atoms with Crippen molar-refractivity contribution in [2.24, 2.45) is 5.41 Å². The lowest BCUT2D eigenvalue weighted by Crippen LogP contribution is -2.36. The molecule has 1 unspecified atom stereocenters. The summed E-state index contributed by atoms with van der Waals surface area (Å²) in [6.07, 6.45) is 4.82. The molecule has 30 heavy (non-hydrogen) atoms. The Morgan fingerprint density at radius 3 is 2.83 bits per heavy atom. The van der Waals surface area contributed by atoms with E-state index in [0.717, 1.165) is 34.6 Å². The van der Waals surface area contributed by atoms with Gasteiger partial charge in [0.25, 0.3) is 0 Å². The number of Topliss-reactive ketones (excluding diaryl/α,β-unsaturated/α-hetero) is 1. The van der Waals surface area contributed by atoms with Gasteiger partial charge in [-0.15, -0.1) is 5.10 Å². The number of methoxy groups -OCH3 is 1. The van der Waals surface area contributed by atoms with Crippen molar-refractivity contribution >= 4 is 11.7 Å². The molecule has 2 aliphatic rings. The number of rotatable bonds is 3. The molecule has 2 aromatic heterocycles. The maximum absolute atomic E-state index is 13.2. The second kappa shape index (κ2) is 6.79. The zero-order valence-corrected chi connectivity index (χ0v) is 17.2. The van der Waals surface area contributed by atoms with E-state index in [1.54, 1.807) is 24.2 Å². The molecule has 0 fully saturated rings. The molecule has 7 heteroatoms. The Balaban J connectivity index is 1.66. The van der Waals surface area contributed by atoms with Gasteiger partial charge >= 0.3 is 0 Å². The van der Waals surface area contributed by atoms with Crippen LogP contribution in [0, 0.1) is 5.41 Å². The number of benzene rings is 1. The molecule has 5 rings (SSSR count). The van der Waals surface area contributed by atoms with Crippen molar-refractivity contribution in [1.29, 1.82) is 0 Å². The molecule has 3 heterocycles. The fourth-order valence-electron chi connectivity index (χ4n) is 4.34. The number of ether oxygens (including phenoxy) is 1. The predicted molar refractivity (Wildman–Crippen MR) is 113 cm³/mol. The number of pyridine rings is 1. The van der Waals surface area contributed by atoms with Gasteiger partial charge in [0.1, 0.15) is 11.8 Å². The van der Waals surface area contributed by atoms with Crippen LogP contribution < -0.4 is 10.1 Å². The third kappa shape index (κ3) is 3.07. The first-order valence-corrected chi connectivity index (χ1v) is 9.99. The van der Waals surface area contributed by atoms with E-state index in [1.165, 1.54) is 0 Å². The molecule has 3 aromatic rings. The Labute approximate surface area is 174 Å². The summed E-state index contributed by atoms with van der Waals surface area (Å²) in [5.41, 5.74) is 3.37. The van der Waals surface area contributed by atoms with E-state index in [2.05, 4.69) is 24.1 Å². The molecule has 1 aliphatic carbocycles. The summed E-state index contributed by atoms with van der Waals surface area (Å²) in [7, 11) is 1.63. The number of hydrogen-bond acceptors (Lipinski definition) is 6. The highest BCUT2D eigenvalue weighted by Gasteiger charge is 2.42. The molecule has 1 atom stereocenters. The molecule has 152 valence electrons. The topological polar surface area (TPSA) is 81.9 Å². The summed E-state index contributed by atoms with van der Waals surface area (Å²) in [4.78, 5) is 22.2. The Morgan fingerprint density at radius 2 is 2.07 bits per heavy atom. The van der Waals surface area contributed by atoms with Gasteiger partial charge in [0.05, 0.1) is 7.11 Å². The van der Waals surface area contributed by atoms with Crippen LogP contribution in [-0.2, 0) is 4.79 Å². The lowest BCUT2D eigenvalue weighted by atomic mass is 9.73. The van der Waals surface area contributed by atoms with Crippen molar-refractivity contribution in [3.05, 3.63) is 65.6 Å². The van der Waals surface area contributed by atoms with E-state index in [-0.39, 0.29) is 17.2 Å². The van der Waals surface area contributed by atoms with Gasteiger partial charge in [-0.05, 0) is 35.6 Å². The Hall–Kier alpha value is -3.48. The molecule has 0 saturated heterocycles. The van der Waals surface area contributed by atoms with Crippen LogP contribution in [0.4, 0.5) is 5.95 Å². The summed E-state index contributed by atoms with van der Waals surface area (Å²) in [6, 6.07) is 11.2. The summed E-state index contributed by atoms with van der Waals surface area (Å²) in [5, 5.41) is 8.19. The molecule has 0 radical (unpaired) electrons. The minimum absolute atomic E-state index is 0.0970. The summed E-state index contributed by atoms with van der Waals surface area (Å²) >= 11 is 0. The summed E-state index contributed by atoms with van der Waals surface area (Å²) in [6.45, 7) is 4.24. The number of nitrogens with one attached hydrogen (secondary N) is 1. The zero-order chi connectivity index (χ0) is 20.9. The first-order valence-electron chi connectivity index (χ1n) is 9.99. The van der Waals surface area contributed by atoms with Crippen LogP contribution in [-0.4, -0.2) is 32.6 Å². The fraction of sp³-hybridized carbons (Fsp3) is 0.304. The molecule has 1 aromatic carbocycles. The van der Waals surface area contributed by atoms with E-state index in [4.69, 9.17) is 14.8 Å². The van der Waals surface area contributed by atoms with E-state index in [0.29, 0.717) is 18.2 Å². The van der Waals surface area contributed by atoms with E-state index in [1.807, 2.05) is 36.4 Å². The van der Waals surface area contributed by atoms with Gasteiger partial charge in [0, 0.05) is 35.6 Å². The molecule has 0 amide bonds. The van der Waals surface area contributed by atoms with Gasteiger partial charge in [-0.1, -0.05) is 32.0 Å². The predicted octanol–water partition coefficient (Wildman–Crippen LogP) is 4.01. The number of hydrogen-bond donors (Lipinski definition) is 1. The number of aromatic nitrogens is 4. The van der Waals surface area contributed by atoms with Crippen molar-refractivity contribution in [2.45, 2.75) is 32.7 Å². The standard InChI is InChI=1S/C23H23N5O2/c1-23(2)11-17-19(18(29)12-23)20(15-7-5-9-24-13-15)28-22(25-17)26-21(27-28)14-6-4-8-16(10-14)30-3/h4-10,13,20H,11-12H2,1-3H3,(H,25,26,27). The number of allylic oxidation sites excluding steroid dienone is 2. The first-order chi connectivity index (χ1) is 14.4. The van der Waals surface area contributed by atoms with Crippen LogP contribution in [0.3, 0.4) is 0 Å². The lowest BCUT2D eigenvalue weighted by Gasteiger charge is -2.38. The smallest absolute Gasteiger partial charge is 0.226 e. The molecule has 0 spiro atoms. The van der Waals surface area contributed by atoms with Crippen molar-refractivity contribution in [3.8, 4) is 17.1 Å². The normalized spacial score (nSPS) is 19.7. The highest BCUT2D eigenvalue weighted by molar-refractivity contribution is 6.00. The lowest BCUT2D eigenvalue weighted by molar-refractivity contribution is -0.118. The third-order valence-electron chi connectivity index (χ3n) is 5.66. The van der Waals surface area contributed by atoms with Crippen LogP contribution in [0.1, 0.15) is 38.3 Å². The summed E-state index contributed by atoms with van der Waals surface area (Å²) in [5.74, 6) is 2.10. The monoisotopic (exact) mass is 401 g/mol. The molecular formula is C23H23N5O2. The van der Waals surface area contributed by atoms with Gasteiger partial charge in [-0.25, -0.2) is 4.68 Å². The van der Waals surface area contributed by atoms with Gasteiger partial charge in [-0.2, -0.15) is 4.98 Å². The van der Waals surface area contributed by atoms with Crippen molar-refractivity contribution in [3.63, 3.8) is 0 Å². The molecule has 0 bridgehead atoms. The molecule has 7 nitrogen and oxygen atoms in total. The first kappa shape index (κ1) is 18.5. The highest BCUT2D eigenvalue weighted by atomic mass is 16.5. The van der Waals surface area contributed by atoms with E-state index in [9.17, 15) is 4.79 Å². The number of carbonyl (C=O) groups excluding carboxylic acids is 1. The average Bonchev–Trinajstić information content (AvgIpc) is 3.15. The average molecular weight is 401 g/mol. The van der Waals surface area contributed by atoms with E-state index >= 15 is 0 Å². The van der Waals surface area contributed by atoms with Crippen molar-refractivity contribution in [2.75, 3.05) is 12.4 Å². The molecule has 1 N–H and O–H groups in total. The van der Waals surface area contributed by atoms with Crippen LogP contribution in [0.25, 0.3) is 11.4 Å². The van der Waals surface area contributed by atoms with Crippen molar-refractivity contribution < 1.29 is 9.53 Å². The quantitative estimate of drug-likeness (QED) is 0.714. The largest absolute Gasteiger partial charge is 0.497 e. The number of nitrogens with zero attached hydrogens (tertiary/aromatic N) is 4. The molecular weight excluding hydrogens is 378 g/mol. The maximum Gasteiger partial charge on any atom is 0.226 e. The second-order valence-corrected chi connectivity index (χ2v) is 8.58. The van der Waals surface area contributed by atoms with Gasteiger partial charge < -0.3 is 10.1 Å². The SMILES string of the molecule is COc1cccc(-c2nc3n(n2)C(c2cccnc2)C2=C(CC(C)(C)CC2=O)N3)c1. The zero-order valence-electron chi connectivity index (χ0n) is 17.2. The van der Waals surface area contributed by atoms with Crippen LogP contribution in [0.15, 0.2) is 60.1 Å². The fourth-order valence-corrected chi connectivity index (χ4v) is 4.34. The van der Waals surface area contributed by atoms with Crippen LogP contribution in [0.2, 0.25) is 0 Å². The number of ketones is 1. The minimum atomic E-state index is -0.347. The second-order valence-electron chi connectivity index (χ2n) is 8.58. The maximum atomic E-state index is 13.2. The van der Waals surface area contributed by atoms with Crippen LogP contribution in [0.5, 0.6) is 5.75 Å². The summed E-state index contributed by atoms with van der Waals surface area (Å²) < 4.78 is 7.15.